The summed E-state index contributed by atoms with van der Waals surface area (Å²) in [5, 5.41) is 2.76. The van der Waals surface area contributed by atoms with Gasteiger partial charge in [-0.25, -0.2) is 13.1 Å². The number of sulfonamides is 1. The van der Waals surface area contributed by atoms with Gasteiger partial charge >= 0.3 is 0 Å². The van der Waals surface area contributed by atoms with Gasteiger partial charge in [-0.3, -0.25) is 4.79 Å². The summed E-state index contributed by atoms with van der Waals surface area (Å²) in [5.41, 5.74) is 2.44. The highest BCUT2D eigenvalue weighted by Crippen LogP contribution is 2.21. The number of nitrogens with one attached hydrogen (secondary N) is 2. The predicted molar refractivity (Wildman–Crippen MR) is 99.2 cm³/mol. The molecular formula is C18H30N2O4S. The monoisotopic (exact) mass is 370 g/mol. The van der Waals surface area contributed by atoms with E-state index in [-0.39, 0.29) is 25.0 Å². The van der Waals surface area contributed by atoms with Gasteiger partial charge in [0, 0.05) is 26.1 Å². The van der Waals surface area contributed by atoms with Gasteiger partial charge in [0.25, 0.3) is 0 Å². The van der Waals surface area contributed by atoms with E-state index >= 15 is 0 Å². The van der Waals surface area contributed by atoms with Crippen LogP contribution in [0.5, 0.6) is 0 Å². The molecule has 0 heterocycles. The van der Waals surface area contributed by atoms with Gasteiger partial charge in [0.2, 0.25) is 15.9 Å². The molecular weight excluding hydrogens is 340 g/mol. The fourth-order valence-corrected chi connectivity index (χ4v) is 4.15. The van der Waals surface area contributed by atoms with Crippen molar-refractivity contribution in [2.45, 2.75) is 58.5 Å². The fourth-order valence-electron chi connectivity index (χ4n) is 2.67. The number of hydrogen-bond acceptors (Lipinski definition) is 4. The van der Waals surface area contributed by atoms with E-state index in [0.717, 1.165) is 12.0 Å². The van der Waals surface area contributed by atoms with Gasteiger partial charge in [-0.05, 0) is 52.2 Å². The summed E-state index contributed by atoms with van der Waals surface area (Å²) in [6.07, 6.45) is 1.02. The number of aryl methyl sites for hydroxylation is 3. The largest absolute Gasteiger partial charge is 0.379 e. The second-order valence-corrected chi connectivity index (χ2v) is 8.20. The Morgan fingerprint density at radius 2 is 1.72 bits per heavy atom. The molecule has 0 aliphatic carbocycles. The van der Waals surface area contributed by atoms with Gasteiger partial charge in [-0.15, -0.1) is 0 Å². The standard InChI is InChI=1S/C18H30N2O4S/c1-13(2)24-10-6-8-19-17(21)7-9-20-25(22,23)18-15(4)11-14(3)12-16(18)5/h11-13,20H,6-10H2,1-5H3,(H,19,21). The van der Waals surface area contributed by atoms with Crippen molar-refractivity contribution in [3.8, 4) is 0 Å². The minimum Gasteiger partial charge on any atom is -0.379 e. The molecule has 0 bridgehead atoms. The topological polar surface area (TPSA) is 84.5 Å². The molecule has 0 saturated carbocycles. The molecule has 2 N–H and O–H groups in total. The van der Waals surface area contributed by atoms with E-state index in [1.165, 1.54) is 0 Å². The van der Waals surface area contributed by atoms with Gasteiger partial charge in [-0.2, -0.15) is 0 Å². The summed E-state index contributed by atoms with van der Waals surface area (Å²) in [6, 6.07) is 3.68. The molecule has 0 unspecified atom stereocenters. The van der Waals surface area contributed by atoms with E-state index in [0.29, 0.717) is 29.2 Å². The molecule has 0 radical (unpaired) electrons. The van der Waals surface area contributed by atoms with Crippen LogP contribution in [0.15, 0.2) is 17.0 Å². The molecule has 0 fully saturated rings. The average molecular weight is 371 g/mol. The molecule has 6 nitrogen and oxygen atoms in total. The number of hydrogen-bond donors (Lipinski definition) is 2. The second-order valence-electron chi connectivity index (χ2n) is 6.50. The number of carbonyl (C=O) groups is 1. The highest BCUT2D eigenvalue weighted by Gasteiger charge is 2.19. The van der Waals surface area contributed by atoms with Gasteiger partial charge in [0.05, 0.1) is 11.0 Å². The van der Waals surface area contributed by atoms with E-state index in [2.05, 4.69) is 10.0 Å². The molecule has 25 heavy (non-hydrogen) atoms. The van der Waals surface area contributed by atoms with Crippen molar-refractivity contribution < 1.29 is 17.9 Å². The third kappa shape index (κ3) is 7.54. The summed E-state index contributed by atoms with van der Waals surface area (Å²) >= 11 is 0. The number of carbonyl (C=O) groups excluding carboxylic acids is 1. The van der Waals surface area contributed by atoms with Crippen molar-refractivity contribution in [1.29, 1.82) is 0 Å². The van der Waals surface area contributed by atoms with Crippen molar-refractivity contribution in [3.05, 3.63) is 28.8 Å². The van der Waals surface area contributed by atoms with Crippen LogP contribution >= 0.6 is 0 Å². The summed E-state index contributed by atoms with van der Waals surface area (Å²) in [7, 11) is -3.62. The Labute approximate surface area is 151 Å². The van der Waals surface area contributed by atoms with Crippen LogP contribution < -0.4 is 10.0 Å². The van der Waals surface area contributed by atoms with Gasteiger partial charge in [0.15, 0.2) is 0 Å². The first-order chi connectivity index (χ1) is 11.6. The van der Waals surface area contributed by atoms with Crippen LogP contribution in [0.4, 0.5) is 0 Å². The quantitative estimate of drug-likeness (QED) is 0.619. The van der Waals surface area contributed by atoms with Gasteiger partial charge in [0.1, 0.15) is 0 Å². The van der Waals surface area contributed by atoms with Crippen LogP contribution in [0.25, 0.3) is 0 Å². The van der Waals surface area contributed by atoms with Crippen LogP contribution in [-0.2, 0) is 19.6 Å². The molecule has 142 valence electrons. The number of benzene rings is 1. The lowest BCUT2D eigenvalue weighted by atomic mass is 10.1. The Balaban J connectivity index is 2.44. The molecule has 1 aromatic carbocycles. The van der Waals surface area contributed by atoms with E-state index < -0.39 is 10.0 Å². The summed E-state index contributed by atoms with van der Waals surface area (Å²) < 4.78 is 32.8. The molecule has 0 aliphatic heterocycles. The normalized spacial score (nSPS) is 11.8. The van der Waals surface area contributed by atoms with E-state index in [9.17, 15) is 13.2 Å². The minimum atomic E-state index is -3.62. The maximum absolute atomic E-state index is 12.5. The van der Waals surface area contributed by atoms with E-state index in [1.807, 2.05) is 32.9 Å². The van der Waals surface area contributed by atoms with Gasteiger partial charge in [-0.1, -0.05) is 17.7 Å². The lowest BCUT2D eigenvalue weighted by molar-refractivity contribution is -0.120. The highest BCUT2D eigenvalue weighted by atomic mass is 32.2. The van der Waals surface area contributed by atoms with Crippen LogP contribution in [0.3, 0.4) is 0 Å². The van der Waals surface area contributed by atoms with Crippen LogP contribution in [-0.4, -0.2) is 40.1 Å². The van der Waals surface area contributed by atoms with E-state index in [1.54, 1.807) is 13.8 Å². The Morgan fingerprint density at radius 1 is 1.12 bits per heavy atom. The number of amides is 1. The van der Waals surface area contributed by atoms with Gasteiger partial charge < -0.3 is 10.1 Å². The molecule has 0 spiro atoms. The van der Waals surface area contributed by atoms with Crippen molar-refractivity contribution in [2.24, 2.45) is 0 Å². The molecule has 1 aromatic rings. The molecule has 0 saturated heterocycles. The zero-order valence-corrected chi connectivity index (χ0v) is 16.6. The maximum Gasteiger partial charge on any atom is 0.241 e. The van der Waals surface area contributed by atoms with Crippen molar-refractivity contribution in [1.82, 2.24) is 10.0 Å². The smallest absolute Gasteiger partial charge is 0.241 e. The first kappa shape index (κ1) is 21.6. The Hall–Kier alpha value is -1.44. The Kier molecular flexibility index (Phi) is 8.55. The van der Waals surface area contributed by atoms with Crippen LogP contribution in [0, 0.1) is 20.8 Å². The molecule has 0 aromatic heterocycles. The maximum atomic E-state index is 12.5. The zero-order chi connectivity index (χ0) is 19.0. The molecule has 1 amide bonds. The zero-order valence-electron chi connectivity index (χ0n) is 15.8. The molecule has 1 rings (SSSR count). The molecule has 7 heteroatoms. The molecule has 0 atom stereocenters. The lowest BCUT2D eigenvalue weighted by Crippen LogP contribution is -2.32. The minimum absolute atomic E-state index is 0.0728. The average Bonchev–Trinajstić information content (AvgIpc) is 2.44. The Bertz CT molecular complexity index is 661. The SMILES string of the molecule is Cc1cc(C)c(S(=O)(=O)NCCC(=O)NCCCOC(C)C)c(C)c1. The third-order valence-electron chi connectivity index (χ3n) is 3.61. The molecule has 0 aliphatic rings. The van der Waals surface area contributed by atoms with Crippen LogP contribution in [0.1, 0.15) is 43.4 Å². The van der Waals surface area contributed by atoms with Crippen LogP contribution in [0.2, 0.25) is 0 Å². The van der Waals surface area contributed by atoms with Crippen molar-refractivity contribution >= 4 is 15.9 Å². The van der Waals surface area contributed by atoms with Crippen molar-refractivity contribution in [3.63, 3.8) is 0 Å². The number of rotatable bonds is 10. The van der Waals surface area contributed by atoms with E-state index in [4.69, 9.17) is 4.74 Å². The highest BCUT2D eigenvalue weighted by molar-refractivity contribution is 7.89. The predicted octanol–water partition coefficient (Wildman–Crippen LogP) is 2.21. The second kappa shape index (κ2) is 9.89. The first-order valence-corrected chi connectivity index (χ1v) is 10.1. The summed E-state index contributed by atoms with van der Waals surface area (Å²) in [4.78, 5) is 12.0. The summed E-state index contributed by atoms with van der Waals surface area (Å²) in [6.45, 7) is 10.6. The van der Waals surface area contributed by atoms with Crippen molar-refractivity contribution in [2.75, 3.05) is 19.7 Å². The fraction of sp³-hybridized carbons (Fsp3) is 0.611. The summed E-state index contributed by atoms with van der Waals surface area (Å²) in [5.74, 6) is -0.176. The lowest BCUT2D eigenvalue weighted by Gasteiger charge is -2.13. The Morgan fingerprint density at radius 3 is 2.28 bits per heavy atom. The number of ether oxygens (including phenoxy) is 1. The third-order valence-corrected chi connectivity index (χ3v) is 5.38. The first-order valence-electron chi connectivity index (χ1n) is 8.59.